The van der Waals surface area contributed by atoms with Crippen LogP contribution in [0.15, 0.2) is 60.7 Å². The number of anilines is 1. The fraction of sp³-hybridized carbons (Fsp3) is 0.286. The van der Waals surface area contributed by atoms with Gasteiger partial charge in [0.2, 0.25) is 0 Å². The highest BCUT2D eigenvalue weighted by Gasteiger charge is 2.25. The van der Waals surface area contributed by atoms with Crippen molar-refractivity contribution in [2.24, 2.45) is 0 Å². The van der Waals surface area contributed by atoms with Crippen LogP contribution in [-0.4, -0.2) is 17.6 Å². The Balaban J connectivity index is 1.59. The average Bonchev–Trinajstić information content (AvgIpc) is 3.05. The summed E-state index contributed by atoms with van der Waals surface area (Å²) in [4.78, 5) is 7.38. The molecule has 2 aromatic carbocycles. The minimum Gasteiger partial charge on any atom is -0.353 e. The summed E-state index contributed by atoms with van der Waals surface area (Å²) in [6.07, 6.45) is 3.61. The smallest absolute Gasteiger partial charge is 0.129 e. The Morgan fingerprint density at radius 3 is 2.70 bits per heavy atom. The molecule has 3 aromatic rings. The van der Waals surface area contributed by atoms with Gasteiger partial charge < -0.3 is 4.90 Å². The van der Waals surface area contributed by atoms with Crippen molar-refractivity contribution in [1.82, 2.24) is 4.98 Å². The van der Waals surface area contributed by atoms with Gasteiger partial charge in [-0.25, -0.2) is 4.98 Å². The van der Waals surface area contributed by atoms with E-state index in [2.05, 4.69) is 72.5 Å². The van der Waals surface area contributed by atoms with Gasteiger partial charge >= 0.3 is 0 Å². The Bertz CT molecular complexity index is 807. The molecule has 2 heteroatoms. The van der Waals surface area contributed by atoms with E-state index >= 15 is 0 Å². The summed E-state index contributed by atoms with van der Waals surface area (Å²) in [5.41, 5.74) is 3.84. The van der Waals surface area contributed by atoms with E-state index in [4.69, 9.17) is 4.98 Å². The molecule has 0 aliphatic carbocycles. The highest BCUT2D eigenvalue weighted by atomic mass is 15.2. The molecule has 0 amide bonds. The second kappa shape index (κ2) is 6.04. The van der Waals surface area contributed by atoms with E-state index in [0.29, 0.717) is 6.04 Å². The van der Waals surface area contributed by atoms with Crippen molar-refractivity contribution in [3.05, 3.63) is 71.8 Å². The first-order chi connectivity index (χ1) is 11.3. The first-order valence-electron chi connectivity index (χ1n) is 8.47. The maximum Gasteiger partial charge on any atom is 0.129 e. The third kappa shape index (κ3) is 2.94. The number of rotatable bonds is 3. The zero-order valence-corrected chi connectivity index (χ0v) is 13.6. The zero-order chi connectivity index (χ0) is 15.6. The van der Waals surface area contributed by atoms with E-state index in [1.165, 1.54) is 29.4 Å². The van der Waals surface area contributed by atoms with Gasteiger partial charge in [0.15, 0.2) is 0 Å². The molecule has 1 aromatic heterocycles. The van der Waals surface area contributed by atoms with Gasteiger partial charge in [0, 0.05) is 18.0 Å². The molecule has 0 saturated carbocycles. The topological polar surface area (TPSA) is 16.1 Å². The quantitative estimate of drug-likeness (QED) is 0.694. The number of nitrogens with zero attached hydrogens (tertiary/aromatic N) is 2. The first-order valence-corrected chi connectivity index (χ1v) is 8.47. The van der Waals surface area contributed by atoms with Crippen LogP contribution < -0.4 is 4.90 Å². The lowest BCUT2D eigenvalue weighted by atomic mass is 10.0. The van der Waals surface area contributed by atoms with Gasteiger partial charge in [-0.15, -0.1) is 0 Å². The number of aromatic nitrogens is 1. The summed E-state index contributed by atoms with van der Waals surface area (Å²) in [5.74, 6) is 1.12. The van der Waals surface area contributed by atoms with Gasteiger partial charge in [-0.1, -0.05) is 48.0 Å². The molecule has 23 heavy (non-hydrogen) atoms. The van der Waals surface area contributed by atoms with Crippen LogP contribution in [0.4, 0.5) is 5.82 Å². The van der Waals surface area contributed by atoms with E-state index in [-0.39, 0.29) is 0 Å². The van der Waals surface area contributed by atoms with E-state index in [1.807, 2.05) is 0 Å². The molecule has 1 fully saturated rings. The lowest BCUT2D eigenvalue weighted by Crippen LogP contribution is -2.31. The SMILES string of the molecule is Cc1ccc(CC2CCCN2c2ccc3ccccc3n2)cc1. The second-order valence-corrected chi connectivity index (χ2v) is 6.54. The van der Waals surface area contributed by atoms with Crippen LogP contribution in [0, 0.1) is 6.92 Å². The largest absolute Gasteiger partial charge is 0.353 e. The molecule has 1 atom stereocenters. The Morgan fingerprint density at radius 2 is 1.83 bits per heavy atom. The maximum atomic E-state index is 4.89. The van der Waals surface area contributed by atoms with Crippen LogP contribution in [0.2, 0.25) is 0 Å². The number of para-hydroxylation sites is 1. The van der Waals surface area contributed by atoms with Gasteiger partial charge in [0.05, 0.1) is 5.52 Å². The molecular formula is C21H22N2. The van der Waals surface area contributed by atoms with Crippen molar-refractivity contribution in [2.45, 2.75) is 32.2 Å². The van der Waals surface area contributed by atoms with Gasteiger partial charge in [0.25, 0.3) is 0 Å². The van der Waals surface area contributed by atoms with Crippen molar-refractivity contribution in [1.29, 1.82) is 0 Å². The summed E-state index contributed by atoms with van der Waals surface area (Å²) in [6, 6.07) is 22.2. The van der Waals surface area contributed by atoms with E-state index in [9.17, 15) is 0 Å². The summed E-state index contributed by atoms with van der Waals surface area (Å²) in [7, 11) is 0. The third-order valence-electron chi connectivity index (χ3n) is 4.85. The number of benzene rings is 2. The standard InChI is InChI=1S/C21H22N2/c1-16-8-10-17(11-9-16)15-19-6-4-14-23(19)21-13-12-18-5-2-3-7-20(18)22-21/h2-3,5,7-13,19H,4,6,14-15H2,1H3. The Labute approximate surface area is 137 Å². The predicted octanol–water partition coefficient (Wildman–Crippen LogP) is 4.75. The van der Waals surface area contributed by atoms with Crippen LogP contribution in [-0.2, 0) is 6.42 Å². The Morgan fingerprint density at radius 1 is 1.00 bits per heavy atom. The molecule has 2 heterocycles. The molecule has 116 valence electrons. The molecule has 0 spiro atoms. The molecule has 1 aliphatic heterocycles. The summed E-state index contributed by atoms with van der Waals surface area (Å²) >= 11 is 0. The average molecular weight is 302 g/mol. The van der Waals surface area contributed by atoms with Crippen molar-refractivity contribution in [3.63, 3.8) is 0 Å². The molecule has 1 aliphatic rings. The second-order valence-electron chi connectivity index (χ2n) is 6.54. The number of hydrogen-bond donors (Lipinski definition) is 0. The van der Waals surface area contributed by atoms with Gasteiger partial charge in [-0.05, 0) is 49.9 Å². The van der Waals surface area contributed by atoms with Crippen LogP contribution in [0.1, 0.15) is 24.0 Å². The van der Waals surface area contributed by atoms with E-state index < -0.39 is 0 Å². The monoisotopic (exact) mass is 302 g/mol. The molecule has 0 N–H and O–H groups in total. The number of fused-ring (bicyclic) bond motifs is 1. The third-order valence-corrected chi connectivity index (χ3v) is 4.85. The van der Waals surface area contributed by atoms with Crippen LogP contribution >= 0.6 is 0 Å². The number of aryl methyl sites for hydroxylation is 1. The van der Waals surface area contributed by atoms with Gasteiger partial charge in [-0.2, -0.15) is 0 Å². The normalized spacial score (nSPS) is 17.8. The minimum absolute atomic E-state index is 0.561. The van der Waals surface area contributed by atoms with Crippen molar-refractivity contribution < 1.29 is 0 Å². The highest BCUT2D eigenvalue weighted by Crippen LogP contribution is 2.28. The lowest BCUT2D eigenvalue weighted by Gasteiger charge is -2.26. The fourth-order valence-electron chi connectivity index (χ4n) is 3.56. The van der Waals surface area contributed by atoms with E-state index in [0.717, 1.165) is 24.3 Å². The van der Waals surface area contributed by atoms with Crippen LogP contribution in [0.25, 0.3) is 10.9 Å². The van der Waals surface area contributed by atoms with Crippen LogP contribution in [0.3, 0.4) is 0 Å². The summed E-state index contributed by atoms with van der Waals surface area (Å²) in [5, 5.41) is 1.21. The van der Waals surface area contributed by atoms with Crippen molar-refractivity contribution in [2.75, 3.05) is 11.4 Å². The minimum atomic E-state index is 0.561. The Kier molecular flexibility index (Phi) is 3.74. The first kappa shape index (κ1) is 14.3. The Hall–Kier alpha value is -2.35. The lowest BCUT2D eigenvalue weighted by molar-refractivity contribution is 0.659. The van der Waals surface area contributed by atoms with Crippen molar-refractivity contribution in [3.8, 4) is 0 Å². The molecule has 4 rings (SSSR count). The highest BCUT2D eigenvalue weighted by molar-refractivity contribution is 5.80. The number of hydrogen-bond acceptors (Lipinski definition) is 2. The zero-order valence-electron chi connectivity index (χ0n) is 13.6. The summed E-state index contributed by atoms with van der Waals surface area (Å²) < 4.78 is 0. The molecular weight excluding hydrogens is 280 g/mol. The predicted molar refractivity (Wildman–Crippen MR) is 97.0 cm³/mol. The molecule has 2 nitrogen and oxygen atoms in total. The number of pyridine rings is 1. The van der Waals surface area contributed by atoms with E-state index in [1.54, 1.807) is 0 Å². The molecule has 1 unspecified atom stereocenters. The molecule has 1 saturated heterocycles. The maximum absolute atomic E-state index is 4.89. The fourth-order valence-corrected chi connectivity index (χ4v) is 3.56. The van der Waals surface area contributed by atoms with Crippen LogP contribution in [0.5, 0.6) is 0 Å². The van der Waals surface area contributed by atoms with Gasteiger partial charge in [0.1, 0.15) is 5.82 Å². The molecule has 0 bridgehead atoms. The summed E-state index contributed by atoms with van der Waals surface area (Å²) in [6.45, 7) is 3.26. The van der Waals surface area contributed by atoms with Gasteiger partial charge in [-0.3, -0.25) is 0 Å². The molecule has 0 radical (unpaired) electrons. The van der Waals surface area contributed by atoms with Crippen molar-refractivity contribution >= 4 is 16.7 Å².